The number of hydrogen-bond acceptors (Lipinski definition) is 4. The van der Waals surface area contributed by atoms with Crippen molar-refractivity contribution < 1.29 is 18.3 Å². The SMILES string of the molecule is Cc1nn(-c2ccccc2)c(C)c1S(=O)(=O)Nc1ccc(-c2cccc(C(=O)O)c2)c2ccccc12. The van der Waals surface area contributed by atoms with Gasteiger partial charge in [0, 0.05) is 5.39 Å². The van der Waals surface area contributed by atoms with Gasteiger partial charge < -0.3 is 5.11 Å². The van der Waals surface area contributed by atoms with Crippen molar-refractivity contribution in [3.8, 4) is 16.8 Å². The standard InChI is InChI=1S/C28H23N3O4S/c1-18-27(19(2)31(29-18)22-11-4-3-5-12-22)36(34,35)30-26-16-15-23(24-13-6-7-14-25(24)26)20-9-8-10-21(17-20)28(32)33/h3-17,30H,1-2H3,(H,32,33). The highest BCUT2D eigenvalue weighted by Gasteiger charge is 2.26. The summed E-state index contributed by atoms with van der Waals surface area (Å²) in [5, 5.41) is 15.4. The fourth-order valence-corrected chi connectivity index (χ4v) is 5.97. The van der Waals surface area contributed by atoms with E-state index in [1.54, 1.807) is 42.8 Å². The zero-order valence-corrected chi connectivity index (χ0v) is 20.5. The molecule has 0 radical (unpaired) electrons. The van der Waals surface area contributed by atoms with Gasteiger partial charge in [-0.3, -0.25) is 4.72 Å². The maximum absolute atomic E-state index is 13.6. The van der Waals surface area contributed by atoms with Gasteiger partial charge in [-0.1, -0.05) is 60.7 Å². The number of hydrogen-bond donors (Lipinski definition) is 2. The van der Waals surface area contributed by atoms with Crippen LogP contribution in [0.1, 0.15) is 21.7 Å². The molecule has 8 heteroatoms. The summed E-state index contributed by atoms with van der Waals surface area (Å²) in [6.07, 6.45) is 0. The number of carboxylic acids is 1. The van der Waals surface area contributed by atoms with E-state index in [-0.39, 0.29) is 10.5 Å². The monoisotopic (exact) mass is 497 g/mol. The van der Waals surface area contributed by atoms with Gasteiger partial charge in [-0.2, -0.15) is 5.10 Å². The molecule has 1 aromatic heterocycles. The quantitative estimate of drug-likeness (QED) is 0.308. The van der Waals surface area contributed by atoms with Gasteiger partial charge in [0.25, 0.3) is 10.0 Å². The zero-order chi connectivity index (χ0) is 25.4. The molecule has 0 bridgehead atoms. The van der Waals surface area contributed by atoms with Crippen molar-refractivity contribution in [2.75, 3.05) is 4.72 Å². The summed E-state index contributed by atoms with van der Waals surface area (Å²) < 4.78 is 31.5. The van der Waals surface area contributed by atoms with Crippen LogP contribution in [-0.2, 0) is 10.0 Å². The predicted octanol–water partition coefficient (Wildman–Crippen LogP) is 5.81. The van der Waals surface area contributed by atoms with Crippen LogP contribution >= 0.6 is 0 Å². The smallest absolute Gasteiger partial charge is 0.335 e. The fraction of sp³-hybridized carbons (Fsp3) is 0.0714. The van der Waals surface area contributed by atoms with Crippen molar-refractivity contribution in [2.24, 2.45) is 0 Å². The summed E-state index contributed by atoms with van der Waals surface area (Å²) in [6, 6.07) is 27.0. The third-order valence-electron chi connectivity index (χ3n) is 6.08. The summed E-state index contributed by atoms with van der Waals surface area (Å²) in [7, 11) is -3.96. The Balaban J connectivity index is 1.59. The number of anilines is 1. The second-order valence-electron chi connectivity index (χ2n) is 8.45. The molecule has 0 aliphatic heterocycles. The van der Waals surface area contributed by atoms with Gasteiger partial charge in [-0.05, 0) is 60.7 Å². The van der Waals surface area contributed by atoms with Gasteiger partial charge in [-0.25, -0.2) is 17.9 Å². The fourth-order valence-electron chi connectivity index (χ4n) is 4.49. The molecule has 0 spiro atoms. The van der Waals surface area contributed by atoms with Gasteiger partial charge in [0.2, 0.25) is 0 Å². The maximum atomic E-state index is 13.6. The topological polar surface area (TPSA) is 101 Å². The summed E-state index contributed by atoms with van der Waals surface area (Å²) in [5.74, 6) is -1.01. The van der Waals surface area contributed by atoms with E-state index in [4.69, 9.17) is 0 Å². The van der Waals surface area contributed by atoms with Crippen molar-refractivity contribution in [3.05, 3.63) is 108 Å². The predicted molar refractivity (Wildman–Crippen MR) is 140 cm³/mol. The number of fused-ring (bicyclic) bond motifs is 1. The number of carbonyl (C=O) groups is 1. The van der Waals surface area contributed by atoms with Gasteiger partial charge in [0.15, 0.2) is 0 Å². The van der Waals surface area contributed by atoms with Gasteiger partial charge in [0.1, 0.15) is 4.90 Å². The molecule has 4 aromatic carbocycles. The lowest BCUT2D eigenvalue weighted by atomic mass is 9.96. The van der Waals surface area contributed by atoms with Crippen LogP contribution in [0.3, 0.4) is 0 Å². The lowest BCUT2D eigenvalue weighted by molar-refractivity contribution is 0.0697. The Kier molecular flexibility index (Phi) is 5.81. The Hall–Kier alpha value is -4.43. The van der Waals surface area contributed by atoms with Crippen molar-refractivity contribution in [1.82, 2.24) is 9.78 Å². The van der Waals surface area contributed by atoms with Crippen molar-refractivity contribution >= 4 is 32.5 Å². The number of aryl methyl sites for hydroxylation is 1. The summed E-state index contributed by atoms with van der Waals surface area (Å²) in [5.41, 5.74) is 3.83. The van der Waals surface area contributed by atoms with E-state index in [0.717, 1.165) is 22.2 Å². The number of para-hydroxylation sites is 1. The van der Waals surface area contributed by atoms with Crippen LogP contribution in [0.2, 0.25) is 0 Å². The molecule has 0 fully saturated rings. The van der Waals surface area contributed by atoms with E-state index >= 15 is 0 Å². The van der Waals surface area contributed by atoms with Gasteiger partial charge in [0.05, 0.1) is 28.3 Å². The molecule has 5 rings (SSSR count). The molecule has 0 aliphatic carbocycles. The normalized spacial score (nSPS) is 11.5. The van der Waals surface area contributed by atoms with Crippen LogP contribution in [0.4, 0.5) is 5.69 Å². The van der Waals surface area contributed by atoms with Crippen LogP contribution in [-0.4, -0.2) is 29.3 Å². The molecule has 5 aromatic rings. The molecule has 0 saturated carbocycles. The lowest BCUT2D eigenvalue weighted by Crippen LogP contribution is -2.15. The first kappa shape index (κ1) is 23.3. The molecule has 180 valence electrons. The third-order valence-corrected chi connectivity index (χ3v) is 7.70. The first-order chi connectivity index (χ1) is 17.3. The van der Waals surface area contributed by atoms with Crippen LogP contribution in [0.15, 0.2) is 95.9 Å². The highest BCUT2D eigenvalue weighted by molar-refractivity contribution is 7.92. The molecule has 0 unspecified atom stereocenters. The molecule has 1 heterocycles. The number of rotatable bonds is 6. The van der Waals surface area contributed by atoms with Crippen LogP contribution < -0.4 is 4.72 Å². The molecule has 0 amide bonds. The summed E-state index contributed by atoms with van der Waals surface area (Å²) in [6.45, 7) is 3.41. The number of nitrogens with one attached hydrogen (secondary N) is 1. The van der Waals surface area contributed by atoms with Crippen molar-refractivity contribution in [2.45, 2.75) is 18.7 Å². The Labute approximate surface area is 208 Å². The van der Waals surface area contributed by atoms with E-state index in [0.29, 0.717) is 22.5 Å². The molecule has 2 N–H and O–H groups in total. The molecule has 36 heavy (non-hydrogen) atoms. The molecule has 0 atom stereocenters. The minimum absolute atomic E-state index is 0.133. The average Bonchev–Trinajstić information content (AvgIpc) is 3.19. The van der Waals surface area contributed by atoms with E-state index in [9.17, 15) is 18.3 Å². The van der Waals surface area contributed by atoms with Crippen LogP contribution in [0, 0.1) is 13.8 Å². The zero-order valence-electron chi connectivity index (χ0n) is 19.6. The minimum atomic E-state index is -3.96. The highest BCUT2D eigenvalue weighted by Crippen LogP contribution is 2.35. The number of nitrogens with zero attached hydrogens (tertiary/aromatic N) is 2. The minimum Gasteiger partial charge on any atom is -0.478 e. The number of aromatic carboxylic acids is 1. The first-order valence-corrected chi connectivity index (χ1v) is 12.7. The molecule has 0 aliphatic rings. The molecule has 0 saturated heterocycles. The second kappa shape index (κ2) is 8.98. The van der Waals surface area contributed by atoms with E-state index in [2.05, 4.69) is 9.82 Å². The summed E-state index contributed by atoms with van der Waals surface area (Å²) >= 11 is 0. The van der Waals surface area contributed by atoms with Crippen LogP contribution in [0.25, 0.3) is 27.6 Å². The van der Waals surface area contributed by atoms with Gasteiger partial charge in [-0.15, -0.1) is 0 Å². The second-order valence-corrected chi connectivity index (χ2v) is 10.1. The Morgan fingerprint density at radius 1 is 0.861 bits per heavy atom. The average molecular weight is 498 g/mol. The third kappa shape index (κ3) is 4.12. The maximum Gasteiger partial charge on any atom is 0.335 e. The number of benzene rings is 4. The molecule has 7 nitrogen and oxygen atoms in total. The number of sulfonamides is 1. The first-order valence-electron chi connectivity index (χ1n) is 11.3. The summed E-state index contributed by atoms with van der Waals surface area (Å²) in [4.78, 5) is 11.6. The van der Waals surface area contributed by atoms with Crippen LogP contribution in [0.5, 0.6) is 0 Å². The highest BCUT2D eigenvalue weighted by atomic mass is 32.2. The van der Waals surface area contributed by atoms with Crippen molar-refractivity contribution in [3.63, 3.8) is 0 Å². The number of aromatic nitrogens is 2. The van der Waals surface area contributed by atoms with Gasteiger partial charge >= 0.3 is 5.97 Å². The van der Waals surface area contributed by atoms with E-state index in [1.165, 1.54) is 6.07 Å². The molecular weight excluding hydrogens is 474 g/mol. The Morgan fingerprint density at radius 3 is 2.28 bits per heavy atom. The Bertz CT molecular complexity index is 1730. The van der Waals surface area contributed by atoms with E-state index < -0.39 is 16.0 Å². The number of carboxylic acid groups (broad SMARTS) is 1. The lowest BCUT2D eigenvalue weighted by Gasteiger charge is -2.14. The van der Waals surface area contributed by atoms with Crippen molar-refractivity contribution in [1.29, 1.82) is 0 Å². The Morgan fingerprint density at radius 2 is 1.56 bits per heavy atom. The van der Waals surface area contributed by atoms with E-state index in [1.807, 2.05) is 60.7 Å². The largest absolute Gasteiger partial charge is 0.478 e. The molecular formula is C28H23N3O4S.